The molecule has 3 rings (SSSR count). The van der Waals surface area contributed by atoms with Gasteiger partial charge in [0.25, 0.3) is 5.91 Å². The standard InChI is InChI=1S/C17H17F3N4O2/c18-17(19,20)13-5-1-2-6-14(13)24-16-22-8-11(9-23-16)15(25)21-10-12-4-3-7-26-12/h1-2,5-6,8-9,12H,3-4,7,10H2,(H,21,25)(H,22,23,24). The number of nitrogens with zero attached hydrogens (tertiary/aromatic N) is 2. The highest BCUT2D eigenvalue weighted by atomic mass is 19.4. The molecular weight excluding hydrogens is 349 g/mol. The van der Waals surface area contributed by atoms with Crippen molar-refractivity contribution in [3.8, 4) is 0 Å². The molecule has 26 heavy (non-hydrogen) atoms. The summed E-state index contributed by atoms with van der Waals surface area (Å²) in [6, 6.07) is 5.03. The molecule has 2 N–H and O–H groups in total. The molecule has 0 bridgehead atoms. The number of alkyl halides is 3. The van der Waals surface area contributed by atoms with Crippen LogP contribution in [0.15, 0.2) is 36.7 Å². The van der Waals surface area contributed by atoms with Gasteiger partial charge in [0.15, 0.2) is 0 Å². The smallest absolute Gasteiger partial charge is 0.376 e. The number of anilines is 2. The molecule has 1 unspecified atom stereocenters. The Balaban J connectivity index is 1.64. The average molecular weight is 366 g/mol. The summed E-state index contributed by atoms with van der Waals surface area (Å²) >= 11 is 0. The van der Waals surface area contributed by atoms with E-state index in [1.165, 1.54) is 30.6 Å². The third kappa shape index (κ3) is 4.48. The third-order valence-electron chi connectivity index (χ3n) is 3.91. The topological polar surface area (TPSA) is 76.1 Å². The molecule has 1 aromatic heterocycles. The van der Waals surface area contributed by atoms with E-state index in [1.54, 1.807) is 0 Å². The Kier molecular flexibility index (Phi) is 5.36. The summed E-state index contributed by atoms with van der Waals surface area (Å²) in [7, 11) is 0. The van der Waals surface area contributed by atoms with E-state index in [4.69, 9.17) is 4.74 Å². The Morgan fingerprint density at radius 1 is 1.23 bits per heavy atom. The lowest BCUT2D eigenvalue weighted by atomic mass is 10.1. The van der Waals surface area contributed by atoms with E-state index in [-0.39, 0.29) is 29.2 Å². The van der Waals surface area contributed by atoms with Crippen LogP contribution in [0.2, 0.25) is 0 Å². The molecule has 2 heterocycles. The first kappa shape index (κ1) is 18.1. The first-order valence-electron chi connectivity index (χ1n) is 8.08. The van der Waals surface area contributed by atoms with Crippen molar-refractivity contribution >= 4 is 17.5 Å². The highest BCUT2D eigenvalue weighted by molar-refractivity contribution is 5.93. The molecule has 138 valence electrons. The summed E-state index contributed by atoms with van der Waals surface area (Å²) in [5.74, 6) is -0.389. The third-order valence-corrected chi connectivity index (χ3v) is 3.91. The maximum absolute atomic E-state index is 13.0. The number of rotatable bonds is 5. The van der Waals surface area contributed by atoms with Gasteiger partial charge >= 0.3 is 6.18 Å². The summed E-state index contributed by atoms with van der Waals surface area (Å²) in [4.78, 5) is 19.9. The Morgan fingerprint density at radius 2 is 1.96 bits per heavy atom. The minimum absolute atomic E-state index is 0.0136. The lowest BCUT2D eigenvalue weighted by Crippen LogP contribution is -2.31. The van der Waals surface area contributed by atoms with Crippen LogP contribution in [0.4, 0.5) is 24.8 Å². The van der Waals surface area contributed by atoms with Crippen molar-refractivity contribution in [1.29, 1.82) is 0 Å². The van der Waals surface area contributed by atoms with Gasteiger partial charge in [-0.3, -0.25) is 4.79 Å². The van der Waals surface area contributed by atoms with Gasteiger partial charge in [0.05, 0.1) is 22.9 Å². The van der Waals surface area contributed by atoms with Crippen molar-refractivity contribution in [2.24, 2.45) is 0 Å². The highest BCUT2D eigenvalue weighted by Crippen LogP contribution is 2.35. The van der Waals surface area contributed by atoms with Gasteiger partial charge in [0.1, 0.15) is 0 Å². The van der Waals surface area contributed by atoms with Crippen LogP contribution in [0.5, 0.6) is 0 Å². The predicted octanol–water partition coefficient (Wildman–Crippen LogP) is 3.15. The van der Waals surface area contributed by atoms with Crippen LogP contribution in [0, 0.1) is 0 Å². The van der Waals surface area contributed by atoms with Crippen LogP contribution in [0.1, 0.15) is 28.8 Å². The minimum Gasteiger partial charge on any atom is -0.376 e. The molecule has 2 aromatic rings. The molecule has 0 radical (unpaired) electrons. The first-order chi connectivity index (χ1) is 12.4. The number of carbonyl (C=O) groups is 1. The molecular formula is C17H17F3N4O2. The number of carbonyl (C=O) groups excluding carboxylic acids is 1. The number of ether oxygens (including phenoxy) is 1. The summed E-state index contributed by atoms with van der Waals surface area (Å²) in [6.45, 7) is 1.10. The number of halogens is 3. The van der Waals surface area contributed by atoms with Gasteiger partial charge in [-0.1, -0.05) is 12.1 Å². The maximum Gasteiger partial charge on any atom is 0.418 e. The summed E-state index contributed by atoms with van der Waals surface area (Å²) < 4.78 is 44.4. The second-order valence-corrected chi connectivity index (χ2v) is 5.81. The Hall–Kier alpha value is -2.68. The van der Waals surface area contributed by atoms with Crippen molar-refractivity contribution in [1.82, 2.24) is 15.3 Å². The zero-order valence-electron chi connectivity index (χ0n) is 13.7. The molecule has 0 spiro atoms. The monoisotopic (exact) mass is 366 g/mol. The fourth-order valence-corrected chi connectivity index (χ4v) is 2.58. The first-order valence-corrected chi connectivity index (χ1v) is 8.08. The molecule has 1 amide bonds. The van der Waals surface area contributed by atoms with Crippen molar-refractivity contribution in [3.63, 3.8) is 0 Å². The number of para-hydroxylation sites is 1. The van der Waals surface area contributed by atoms with Crippen LogP contribution >= 0.6 is 0 Å². The Bertz CT molecular complexity index is 759. The molecule has 1 atom stereocenters. The molecule has 9 heteroatoms. The van der Waals surface area contributed by atoms with Crippen LogP contribution in [-0.2, 0) is 10.9 Å². The number of amides is 1. The lowest BCUT2D eigenvalue weighted by Gasteiger charge is -2.13. The van der Waals surface area contributed by atoms with Gasteiger partial charge in [-0.05, 0) is 25.0 Å². The van der Waals surface area contributed by atoms with Crippen LogP contribution < -0.4 is 10.6 Å². The van der Waals surface area contributed by atoms with Crippen molar-refractivity contribution < 1.29 is 22.7 Å². The summed E-state index contributed by atoms with van der Waals surface area (Å²) in [5, 5.41) is 5.25. The number of hydrogen-bond donors (Lipinski definition) is 2. The van der Waals surface area contributed by atoms with Gasteiger partial charge in [-0.25, -0.2) is 9.97 Å². The van der Waals surface area contributed by atoms with E-state index in [0.717, 1.165) is 18.9 Å². The number of nitrogens with one attached hydrogen (secondary N) is 2. The predicted molar refractivity (Wildman–Crippen MR) is 88.1 cm³/mol. The normalized spacial score (nSPS) is 17.1. The van der Waals surface area contributed by atoms with E-state index >= 15 is 0 Å². The summed E-state index contributed by atoms with van der Waals surface area (Å²) in [6.07, 6.45) is -0.0835. The van der Waals surface area contributed by atoms with Gasteiger partial charge < -0.3 is 15.4 Å². The fraction of sp³-hybridized carbons (Fsp3) is 0.353. The largest absolute Gasteiger partial charge is 0.418 e. The van der Waals surface area contributed by atoms with Gasteiger partial charge in [0, 0.05) is 25.5 Å². The summed E-state index contributed by atoms with van der Waals surface area (Å²) in [5.41, 5.74) is -0.754. The molecule has 6 nitrogen and oxygen atoms in total. The second-order valence-electron chi connectivity index (χ2n) is 5.81. The number of aromatic nitrogens is 2. The van der Waals surface area contributed by atoms with Gasteiger partial charge in [-0.2, -0.15) is 13.2 Å². The molecule has 0 aliphatic carbocycles. The van der Waals surface area contributed by atoms with Gasteiger partial charge in [0.2, 0.25) is 5.95 Å². The van der Waals surface area contributed by atoms with Crippen LogP contribution in [0.3, 0.4) is 0 Å². The van der Waals surface area contributed by atoms with E-state index in [0.29, 0.717) is 13.2 Å². The Labute approximate surface area is 147 Å². The number of benzene rings is 1. The fourth-order valence-electron chi connectivity index (χ4n) is 2.58. The van der Waals surface area contributed by atoms with Crippen LogP contribution in [0.25, 0.3) is 0 Å². The quantitative estimate of drug-likeness (QED) is 0.850. The SMILES string of the molecule is O=C(NCC1CCCO1)c1cnc(Nc2ccccc2C(F)(F)F)nc1. The number of hydrogen-bond acceptors (Lipinski definition) is 5. The molecule has 1 aliphatic heterocycles. The van der Waals surface area contributed by atoms with E-state index in [9.17, 15) is 18.0 Å². The van der Waals surface area contributed by atoms with E-state index in [2.05, 4.69) is 20.6 Å². The van der Waals surface area contributed by atoms with E-state index in [1.807, 2.05) is 0 Å². The molecule has 1 fully saturated rings. The molecule has 1 saturated heterocycles. The van der Waals surface area contributed by atoms with Crippen LogP contribution in [-0.4, -0.2) is 35.1 Å². The van der Waals surface area contributed by atoms with Crippen molar-refractivity contribution in [2.75, 3.05) is 18.5 Å². The molecule has 1 aromatic carbocycles. The van der Waals surface area contributed by atoms with E-state index < -0.39 is 11.7 Å². The highest BCUT2D eigenvalue weighted by Gasteiger charge is 2.33. The zero-order chi connectivity index (χ0) is 18.6. The second kappa shape index (κ2) is 7.69. The van der Waals surface area contributed by atoms with Crippen molar-refractivity contribution in [3.05, 3.63) is 47.8 Å². The van der Waals surface area contributed by atoms with Crippen molar-refractivity contribution in [2.45, 2.75) is 25.1 Å². The average Bonchev–Trinajstić information content (AvgIpc) is 3.13. The molecule has 0 saturated carbocycles. The maximum atomic E-state index is 13.0. The zero-order valence-corrected chi connectivity index (χ0v) is 13.7. The molecule has 1 aliphatic rings. The minimum atomic E-state index is -4.49. The Morgan fingerprint density at radius 3 is 2.62 bits per heavy atom. The lowest BCUT2D eigenvalue weighted by molar-refractivity contribution is -0.136. The van der Waals surface area contributed by atoms with Gasteiger partial charge in [-0.15, -0.1) is 0 Å².